The van der Waals surface area contributed by atoms with Crippen molar-refractivity contribution in [3.63, 3.8) is 0 Å². The SMILES string of the molecule is O=C(NCC(O)(c1ccco1)C1CC1)c1ccc(F)cc1. The normalized spacial score (nSPS) is 17.2. The zero-order valence-electron chi connectivity index (χ0n) is 11.4. The van der Waals surface area contributed by atoms with Crippen LogP contribution in [0.1, 0.15) is 29.0 Å². The van der Waals surface area contributed by atoms with Crippen LogP contribution in [0.4, 0.5) is 4.39 Å². The number of amides is 1. The molecule has 4 nitrogen and oxygen atoms in total. The van der Waals surface area contributed by atoms with Crippen molar-refractivity contribution in [1.82, 2.24) is 5.32 Å². The first-order valence-electron chi connectivity index (χ1n) is 6.90. The highest BCUT2D eigenvalue weighted by molar-refractivity contribution is 5.94. The van der Waals surface area contributed by atoms with Crippen LogP contribution in [0, 0.1) is 11.7 Å². The van der Waals surface area contributed by atoms with Crippen LogP contribution in [-0.2, 0) is 5.60 Å². The molecule has 1 aromatic carbocycles. The molecule has 1 amide bonds. The number of rotatable bonds is 5. The van der Waals surface area contributed by atoms with Gasteiger partial charge in [0.1, 0.15) is 17.2 Å². The van der Waals surface area contributed by atoms with Crippen molar-refractivity contribution >= 4 is 5.91 Å². The molecule has 1 saturated carbocycles. The molecule has 2 aromatic rings. The van der Waals surface area contributed by atoms with E-state index in [2.05, 4.69) is 5.32 Å². The van der Waals surface area contributed by atoms with E-state index in [1.807, 2.05) is 0 Å². The Kier molecular flexibility index (Phi) is 3.51. The lowest BCUT2D eigenvalue weighted by Gasteiger charge is -2.26. The van der Waals surface area contributed by atoms with Crippen LogP contribution in [0.25, 0.3) is 0 Å². The largest absolute Gasteiger partial charge is 0.466 e. The molecule has 5 heteroatoms. The van der Waals surface area contributed by atoms with Crippen LogP contribution < -0.4 is 5.32 Å². The molecule has 3 rings (SSSR count). The lowest BCUT2D eigenvalue weighted by atomic mass is 9.94. The van der Waals surface area contributed by atoms with E-state index in [0.717, 1.165) is 12.8 Å². The van der Waals surface area contributed by atoms with E-state index in [0.29, 0.717) is 11.3 Å². The predicted molar refractivity (Wildman–Crippen MR) is 74.1 cm³/mol. The maximum atomic E-state index is 12.8. The molecule has 0 saturated heterocycles. The van der Waals surface area contributed by atoms with Crippen LogP contribution in [0.2, 0.25) is 0 Å². The number of carbonyl (C=O) groups excluding carboxylic acids is 1. The number of aliphatic hydroxyl groups is 1. The topological polar surface area (TPSA) is 62.5 Å². The van der Waals surface area contributed by atoms with E-state index < -0.39 is 11.4 Å². The zero-order valence-corrected chi connectivity index (χ0v) is 11.4. The first-order chi connectivity index (χ1) is 10.1. The van der Waals surface area contributed by atoms with Gasteiger partial charge < -0.3 is 14.8 Å². The molecule has 0 spiro atoms. The fourth-order valence-electron chi connectivity index (χ4n) is 2.44. The Balaban J connectivity index is 1.70. The minimum Gasteiger partial charge on any atom is -0.466 e. The Morgan fingerprint density at radius 1 is 1.33 bits per heavy atom. The summed E-state index contributed by atoms with van der Waals surface area (Å²) >= 11 is 0. The van der Waals surface area contributed by atoms with Crippen molar-refractivity contribution in [2.75, 3.05) is 6.54 Å². The first kappa shape index (κ1) is 13.8. The number of benzene rings is 1. The molecule has 1 aliphatic rings. The second kappa shape index (κ2) is 5.33. The van der Waals surface area contributed by atoms with Crippen molar-refractivity contribution in [1.29, 1.82) is 0 Å². The van der Waals surface area contributed by atoms with Gasteiger partial charge in [-0.2, -0.15) is 0 Å². The lowest BCUT2D eigenvalue weighted by Crippen LogP contribution is -2.42. The summed E-state index contributed by atoms with van der Waals surface area (Å²) in [6, 6.07) is 8.71. The Morgan fingerprint density at radius 3 is 2.62 bits per heavy atom. The number of halogens is 1. The maximum Gasteiger partial charge on any atom is 0.251 e. The first-order valence-corrected chi connectivity index (χ1v) is 6.90. The molecule has 1 fully saturated rings. The van der Waals surface area contributed by atoms with Crippen molar-refractivity contribution in [3.05, 3.63) is 59.8 Å². The Morgan fingerprint density at radius 2 is 2.05 bits per heavy atom. The summed E-state index contributed by atoms with van der Waals surface area (Å²) in [6.45, 7) is 0.0708. The van der Waals surface area contributed by atoms with Crippen molar-refractivity contribution < 1.29 is 18.7 Å². The average molecular weight is 289 g/mol. The highest BCUT2D eigenvalue weighted by Crippen LogP contribution is 2.45. The third-order valence-electron chi connectivity index (χ3n) is 3.83. The molecule has 2 N–H and O–H groups in total. The van der Waals surface area contributed by atoms with Crippen molar-refractivity contribution in [2.24, 2.45) is 5.92 Å². The maximum absolute atomic E-state index is 12.8. The lowest BCUT2D eigenvalue weighted by molar-refractivity contribution is -0.00611. The summed E-state index contributed by atoms with van der Waals surface area (Å²) in [5.41, 5.74) is -0.826. The molecule has 0 aliphatic heterocycles. The van der Waals surface area contributed by atoms with Gasteiger partial charge in [-0.1, -0.05) is 0 Å². The second-order valence-corrected chi connectivity index (χ2v) is 5.37. The van der Waals surface area contributed by atoms with Gasteiger partial charge in [-0.3, -0.25) is 4.79 Å². The molecule has 1 aromatic heterocycles. The summed E-state index contributed by atoms with van der Waals surface area (Å²) in [4.78, 5) is 12.0. The third kappa shape index (κ3) is 2.83. The van der Waals surface area contributed by atoms with E-state index in [1.165, 1.54) is 30.5 Å². The Hall–Kier alpha value is -2.14. The smallest absolute Gasteiger partial charge is 0.251 e. The van der Waals surface area contributed by atoms with Gasteiger partial charge in [0.05, 0.1) is 12.8 Å². The highest BCUT2D eigenvalue weighted by atomic mass is 19.1. The average Bonchev–Trinajstić information content (AvgIpc) is 3.20. The molecule has 1 atom stereocenters. The molecule has 21 heavy (non-hydrogen) atoms. The summed E-state index contributed by atoms with van der Waals surface area (Å²) in [6.07, 6.45) is 3.32. The van der Waals surface area contributed by atoms with Gasteiger partial charge in [-0.05, 0) is 55.2 Å². The summed E-state index contributed by atoms with van der Waals surface area (Å²) < 4.78 is 18.1. The predicted octanol–water partition coefficient (Wildman–Crippen LogP) is 2.45. The molecule has 1 aliphatic carbocycles. The van der Waals surface area contributed by atoms with Gasteiger partial charge in [-0.15, -0.1) is 0 Å². The van der Waals surface area contributed by atoms with Gasteiger partial charge in [0.25, 0.3) is 5.91 Å². The van der Waals surface area contributed by atoms with E-state index in [1.54, 1.807) is 12.1 Å². The second-order valence-electron chi connectivity index (χ2n) is 5.37. The monoisotopic (exact) mass is 289 g/mol. The van der Waals surface area contributed by atoms with Crippen LogP contribution in [0.3, 0.4) is 0 Å². The standard InChI is InChI=1S/C16H16FNO3/c17-13-7-3-11(4-8-13)15(19)18-10-16(20,12-5-6-12)14-2-1-9-21-14/h1-4,7-9,12,20H,5-6,10H2,(H,18,19). The van der Waals surface area contributed by atoms with E-state index in [-0.39, 0.29) is 18.4 Å². The van der Waals surface area contributed by atoms with E-state index in [4.69, 9.17) is 4.42 Å². The van der Waals surface area contributed by atoms with Crippen LogP contribution in [0.15, 0.2) is 47.1 Å². The molecule has 1 unspecified atom stereocenters. The van der Waals surface area contributed by atoms with E-state index >= 15 is 0 Å². The quantitative estimate of drug-likeness (QED) is 0.888. The molecular formula is C16H16FNO3. The molecule has 0 radical (unpaired) electrons. The van der Waals surface area contributed by atoms with Crippen LogP contribution in [0.5, 0.6) is 0 Å². The number of hydrogen-bond acceptors (Lipinski definition) is 3. The fraction of sp³-hybridized carbons (Fsp3) is 0.312. The number of furan rings is 1. The minimum atomic E-state index is -1.18. The molecule has 0 bridgehead atoms. The minimum absolute atomic E-state index is 0.0708. The summed E-state index contributed by atoms with van der Waals surface area (Å²) in [5, 5.41) is 13.5. The highest BCUT2D eigenvalue weighted by Gasteiger charge is 2.47. The third-order valence-corrected chi connectivity index (χ3v) is 3.83. The zero-order chi connectivity index (χ0) is 14.9. The Bertz CT molecular complexity index is 619. The van der Waals surface area contributed by atoms with E-state index in [9.17, 15) is 14.3 Å². The number of nitrogens with one attached hydrogen (secondary N) is 1. The van der Waals surface area contributed by atoms with Crippen LogP contribution >= 0.6 is 0 Å². The summed E-state index contributed by atoms with van der Waals surface area (Å²) in [7, 11) is 0. The molecule has 110 valence electrons. The van der Waals surface area contributed by atoms with Gasteiger partial charge in [0, 0.05) is 5.56 Å². The van der Waals surface area contributed by atoms with Gasteiger partial charge >= 0.3 is 0 Å². The van der Waals surface area contributed by atoms with Gasteiger partial charge in [0.15, 0.2) is 0 Å². The fourth-order valence-corrected chi connectivity index (χ4v) is 2.44. The van der Waals surface area contributed by atoms with Crippen LogP contribution in [-0.4, -0.2) is 17.6 Å². The molecular weight excluding hydrogens is 273 g/mol. The Labute approximate surface area is 121 Å². The number of hydrogen-bond donors (Lipinski definition) is 2. The van der Waals surface area contributed by atoms with Gasteiger partial charge in [0.2, 0.25) is 0 Å². The van der Waals surface area contributed by atoms with Crippen molar-refractivity contribution in [2.45, 2.75) is 18.4 Å². The van der Waals surface area contributed by atoms with Crippen molar-refractivity contribution in [3.8, 4) is 0 Å². The molecule has 1 heterocycles. The number of carbonyl (C=O) groups is 1. The van der Waals surface area contributed by atoms with Gasteiger partial charge in [-0.25, -0.2) is 4.39 Å². The summed E-state index contributed by atoms with van der Waals surface area (Å²) in [5.74, 6) is -0.182.